The highest BCUT2D eigenvalue weighted by Crippen LogP contribution is 2.05. The topological polar surface area (TPSA) is 83.1 Å². The lowest BCUT2D eigenvalue weighted by Crippen LogP contribution is -2.00. The third kappa shape index (κ3) is 1.33. The summed E-state index contributed by atoms with van der Waals surface area (Å²) in [5.74, 6) is -0.0157. The average molecular weight is 152 g/mol. The van der Waals surface area contributed by atoms with Gasteiger partial charge in [0, 0.05) is 6.20 Å². The molecule has 0 saturated heterocycles. The van der Waals surface area contributed by atoms with Crippen molar-refractivity contribution >= 4 is 17.5 Å². The minimum Gasteiger partial charge on any atom is -0.477 e. The molecule has 1 aromatic rings. The molecule has 1 aromatic heterocycles. The lowest BCUT2D eigenvalue weighted by Gasteiger charge is -1.88. The zero-order valence-corrected chi connectivity index (χ0v) is 5.37. The van der Waals surface area contributed by atoms with E-state index in [1.54, 1.807) is 0 Å². The molecule has 0 aliphatic heterocycles. The average Bonchev–Trinajstić information content (AvgIpc) is 2.40. The van der Waals surface area contributed by atoms with Gasteiger partial charge in [-0.3, -0.25) is 5.10 Å². The van der Waals surface area contributed by atoms with Gasteiger partial charge in [0.2, 0.25) is 0 Å². The summed E-state index contributed by atoms with van der Waals surface area (Å²) in [6.07, 6.45) is 1.36. The summed E-state index contributed by atoms with van der Waals surface area (Å²) in [6, 6.07) is 1.38. The fraction of sp³-hybridized carbons (Fsp3) is 0. The number of hydrogen-bond acceptors (Lipinski definition) is 3. The number of hydrogen-bond donors (Lipinski definition) is 2. The summed E-state index contributed by atoms with van der Waals surface area (Å²) < 4.78 is 0. The normalized spacial score (nSPS) is 8.73. The highest BCUT2D eigenvalue weighted by molar-refractivity contribution is 6.23. The largest absolute Gasteiger partial charge is 0.477 e. The molecule has 0 unspecified atom stereocenters. The number of aromatic amines is 1. The zero-order valence-electron chi connectivity index (χ0n) is 5.37. The number of nitrogens with one attached hydrogen (secondary N) is 1. The minimum absolute atomic E-state index is 0.160. The Balaban J connectivity index is 3.09. The highest BCUT2D eigenvalue weighted by atomic mass is 16.4. The lowest BCUT2D eigenvalue weighted by atomic mass is 10.2. The van der Waals surface area contributed by atoms with Crippen molar-refractivity contribution in [1.29, 1.82) is 0 Å². The summed E-state index contributed by atoms with van der Waals surface area (Å²) in [4.78, 5) is 20.3. The Labute approximate surface area is 61.4 Å². The Morgan fingerprint density at radius 1 is 1.73 bits per heavy atom. The van der Waals surface area contributed by atoms with E-state index in [0.717, 1.165) is 0 Å². The van der Waals surface area contributed by atoms with Crippen molar-refractivity contribution in [3.63, 3.8) is 0 Å². The van der Waals surface area contributed by atoms with Crippen molar-refractivity contribution in [2.45, 2.75) is 0 Å². The summed E-state index contributed by atoms with van der Waals surface area (Å²) in [5.41, 5.74) is -0.282. The highest BCUT2D eigenvalue weighted by Gasteiger charge is 2.11. The maximum absolute atomic E-state index is 10.3. The first-order valence-electron chi connectivity index (χ1n) is 2.74. The first-order chi connectivity index (χ1) is 5.25. The van der Waals surface area contributed by atoms with Gasteiger partial charge in [0.15, 0.2) is 5.57 Å². The molecule has 1 rings (SSSR count). The first-order valence-corrected chi connectivity index (χ1v) is 2.74. The molecule has 56 valence electrons. The van der Waals surface area contributed by atoms with E-state index in [-0.39, 0.29) is 5.69 Å². The van der Waals surface area contributed by atoms with Crippen molar-refractivity contribution < 1.29 is 14.7 Å². The predicted octanol–water partition coefficient (Wildman–Crippen LogP) is -0.291. The first kappa shape index (κ1) is 7.24. The maximum atomic E-state index is 10.3. The third-order valence-corrected chi connectivity index (χ3v) is 1.09. The number of nitrogens with zero attached hydrogens (tertiary/aromatic N) is 1. The number of H-pyrrole nitrogens is 1. The van der Waals surface area contributed by atoms with Crippen LogP contribution in [0, 0.1) is 0 Å². The van der Waals surface area contributed by atoms with Gasteiger partial charge in [0.05, 0.1) is 5.69 Å². The SMILES string of the molecule is O=C=C(C(=O)O)c1ccn[nH]1. The van der Waals surface area contributed by atoms with Gasteiger partial charge in [-0.25, -0.2) is 9.59 Å². The summed E-state index contributed by atoms with van der Waals surface area (Å²) in [6.45, 7) is 0. The molecule has 11 heavy (non-hydrogen) atoms. The molecule has 0 fully saturated rings. The van der Waals surface area contributed by atoms with Crippen LogP contribution >= 0.6 is 0 Å². The molecule has 5 heteroatoms. The second-order valence-corrected chi connectivity index (χ2v) is 1.75. The number of carbonyl (C=O) groups excluding carboxylic acids is 1. The number of aromatic nitrogens is 2. The van der Waals surface area contributed by atoms with Crippen LogP contribution in [0.3, 0.4) is 0 Å². The molecular formula is C6H4N2O3. The van der Waals surface area contributed by atoms with Crippen molar-refractivity contribution in [2.75, 3.05) is 0 Å². The molecule has 0 bridgehead atoms. The molecule has 0 aliphatic rings. The fourth-order valence-corrected chi connectivity index (χ4v) is 0.609. The lowest BCUT2D eigenvalue weighted by molar-refractivity contribution is -0.130. The minimum atomic E-state index is -1.32. The molecule has 0 spiro atoms. The van der Waals surface area contributed by atoms with E-state index in [4.69, 9.17) is 5.11 Å². The maximum Gasteiger partial charge on any atom is 0.349 e. The van der Waals surface area contributed by atoms with E-state index in [0.29, 0.717) is 0 Å². The van der Waals surface area contributed by atoms with Crippen molar-refractivity contribution in [1.82, 2.24) is 10.2 Å². The molecule has 0 aromatic carbocycles. The molecule has 0 saturated carbocycles. The van der Waals surface area contributed by atoms with Gasteiger partial charge < -0.3 is 5.11 Å². The molecule has 5 nitrogen and oxygen atoms in total. The monoisotopic (exact) mass is 152 g/mol. The molecule has 2 N–H and O–H groups in total. The van der Waals surface area contributed by atoms with Crippen molar-refractivity contribution in [3.05, 3.63) is 18.0 Å². The molecule has 1 heterocycles. The van der Waals surface area contributed by atoms with Crippen molar-refractivity contribution in [2.24, 2.45) is 0 Å². The van der Waals surface area contributed by atoms with Crippen LogP contribution in [0.1, 0.15) is 5.69 Å². The zero-order chi connectivity index (χ0) is 8.27. The Kier molecular flexibility index (Phi) is 1.85. The fourth-order valence-electron chi connectivity index (χ4n) is 0.609. The number of carboxylic acid groups (broad SMARTS) is 1. The predicted molar refractivity (Wildman–Crippen MR) is 35.3 cm³/mol. The van der Waals surface area contributed by atoms with E-state index in [2.05, 4.69) is 10.2 Å². The number of carbonyl (C=O) groups is 1. The third-order valence-electron chi connectivity index (χ3n) is 1.09. The Morgan fingerprint density at radius 3 is 2.82 bits per heavy atom. The van der Waals surface area contributed by atoms with Gasteiger partial charge in [-0.15, -0.1) is 0 Å². The van der Waals surface area contributed by atoms with E-state index in [1.165, 1.54) is 18.2 Å². The van der Waals surface area contributed by atoms with Crippen LogP contribution in [-0.4, -0.2) is 27.2 Å². The van der Waals surface area contributed by atoms with Crippen LogP contribution in [-0.2, 0) is 9.59 Å². The van der Waals surface area contributed by atoms with Crippen LogP contribution < -0.4 is 0 Å². The smallest absolute Gasteiger partial charge is 0.349 e. The van der Waals surface area contributed by atoms with Crippen LogP contribution in [0.15, 0.2) is 12.3 Å². The summed E-state index contributed by atoms with van der Waals surface area (Å²) in [7, 11) is 0. The quantitative estimate of drug-likeness (QED) is 0.450. The van der Waals surface area contributed by atoms with Crippen LogP contribution in [0.4, 0.5) is 0 Å². The molecular weight excluding hydrogens is 148 g/mol. The van der Waals surface area contributed by atoms with Crippen LogP contribution in [0.2, 0.25) is 0 Å². The van der Waals surface area contributed by atoms with Gasteiger partial charge in [0.1, 0.15) is 5.94 Å². The van der Waals surface area contributed by atoms with Gasteiger partial charge in [-0.05, 0) is 6.07 Å². The summed E-state index contributed by atoms with van der Waals surface area (Å²) in [5, 5.41) is 14.2. The van der Waals surface area contributed by atoms with Crippen LogP contribution in [0.25, 0.3) is 5.57 Å². The van der Waals surface area contributed by atoms with Crippen LogP contribution in [0.5, 0.6) is 0 Å². The van der Waals surface area contributed by atoms with Crippen molar-refractivity contribution in [3.8, 4) is 0 Å². The van der Waals surface area contributed by atoms with E-state index in [1.807, 2.05) is 0 Å². The molecule has 0 aliphatic carbocycles. The summed E-state index contributed by atoms with van der Waals surface area (Å²) >= 11 is 0. The van der Waals surface area contributed by atoms with E-state index in [9.17, 15) is 9.59 Å². The van der Waals surface area contributed by atoms with E-state index >= 15 is 0 Å². The Morgan fingerprint density at radius 2 is 2.45 bits per heavy atom. The standard InChI is InChI=1S/C6H4N2O3/c9-3-4(6(10)11)5-1-2-7-8-5/h1-2H,(H,7,8)(H,10,11). The van der Waals surface area contributed by atoms with Gasteiger partial charge >= 0.3 is 5.97 Å². The second-order valence-electron chi connectivity index (χ2n) is 1.75. The molecule has 0 atom stereocenters. The second kappa shape index (κ2) is 2.81. The van der Waals surface area contributed by atoms with Gasteiger partial charge in [-0.2, -0.15) is 5.10 Å². The number of aliphatic carboxylic acids is 1. The van der Waals surface area contributed by atoms with E-state index < -0.39 is 11.5 Å². The number of rotatable bonds is 2. The molecule has 0 radical (unpaired) electrons. The number of carboxylic acids is 1. The molecule has 0 amide bonds. The van der Waals surface area contributed by atoms with Gasteiger partial charge in [-0.1, -0.05) is 0 Å². The Hall–Kier alpha value is -1.87. The Bertz CT molecular complexity index is 309. The van der Waals surface area contributed by atoms with Gasteiger partial charge in [0.25, 0.3) is 0 Å².